The van der Waals surface area contributed by atoms with Crippen molar-refractivity contribution < 1.29 is 0 Å². The molecule has 0 aromatic rings. The molecule has 0 spiro atoms. The largest absolute Gasteiger partial charge is 0.326 e. The maximum Gasteiger partial charge on any atom is 0.0249 e. The average Bonchev–Trinajstić information content (AvgIpc) is 2.31. The van der Waals surface area contributed by atoms with Crippen molar-refractivity contribution in [3.05, 3.63) is 0 Å². The highest BCUT2D eigenvalue weighted by Crippen LogP contribution is 2.30. The highest BCUT2D eigenvalue weighted by Gasteiger charge is 2.32. The van der Waals surface area contributed by atoms with Crippen LogP contribution in [0.25, 0.3) is 0 Å². The summed E-state index contributed by atoms with van der Waals surface area (Å²) in [5.74, 6) is 0.904. The van der Waals surface area contributed by atoms with Gasteiger partial charge in [-0.25, -0.2) is 0 Å². The van der Waals surface area contributed by atoms with E-state index in [1.807, 2.05) is 0 Å². The van der Waals surface area contributed by atoms with Crippen molar-refractivity contribution in [2.45, 2.75) is 77.4 Å². The molecule has 1 saturated carbocycles. The Morgan fingerprint density at radius 2 is 1.81 bits per heavy atom. The molecule has 96 valence electrons. The van der Waals surface area contributed by atoms with Crippen molar-refractivity contribution in [1.82, 2.24) is 4.90 Å². The third-order valence-electron chi connectivity index (χ3n) is 4.60. The van der Waals surface area contributed by atoms with Crippen LogP contribution >= 0.6 is 0 Å². The lowest BCUT2D eigenvalue weighted by molar-refractivity contribution is 0.0916. The molecule has 2 nitrogen and oxygen atoms in total. The van der Waals surface area contributed by atoms with Gasteiger partial charge in [0.25, 0.3) is 0 Å². The van der Waals surface area contributed by atoms with Crippen molar-refractivity contribution in [1.29, 1.82) is 0 Å². The fourth-order valence-corrected chi connectivity index (χ4v) is 3.23. The zero-order valence-corrected chi connectivity index (χ0v) is 11.6. The smallest absolute Gasteiger partial charge is 0.0249 e. The second-order valence-electron chi connectivity index (χ2n) is 5.45. The van der Waals surface area contributed by atoms with Crippen LogP contribution in [0.4, 0.5) is 0 Å². The third kappa shape index (κ3) is 3.21. The van der Waals surface area contributed by atoms with Crippen molar-refractivity contribution in [3.8, 4) is 0 Å². The first-order valence-electron chi connectivity index (χ1n) is 7.11. The number of rotatable bonds is 5. The van der Waals surface area contributed by atoms with Gasteiger partial charge in [0.1, 0.15) is 0 Å². The summed E-state index contributed by atoms with van der Waals surface area (Å²) in [5, 5.41) is 0. The molecule has 1 fully saturated rings. The van der Waals surface area contributed by atoms with Crippen molar-refractivity contribution in [3.63, 3.8) is 0 Å². The Balaban J connectivity index is 2.60. The van der Waals surface area contributed by atoms with Crippen molar-refractivity contribution in [2.24, 2.45) is 11.7 Å². The van der Waals surface area contributed by atoms with Gasteiger partial charge in [-0.15, -0.1) is 0 Å². The minimum Gasteiger partial charge on any atom is -0.326 e. The average molecular weight is 226 g/mol. The fraction of sp³-hybridized carbons (Fsp3) is 1.00. The van der Waals surface area contributed by atoms with E-state index in [4.69, 9.17) is 5.73 Å². The second-order valence-corrected chi connectivity index (χ2v) is 5.45. The van der Waals surface area contributed by atoms with E-state index < -0.39 is 0 Å². The minimum atomic E-state index is 0.397. The molecule has 0 aromatic heterocycles. The van der Waals surface area contributed by atoms with E-state index in [-0.39, 0.29) is 0 Å². The lowest BCUT2D eigenvalue weighted by Gasteiger charge is -2.42. The first-order valence-corrected chi connectivity index (χ1v) is 7.11. The van der Waals surface area contributed by atoms with Crippen LogP contribution in [0.3, 0.4) is 0 Å². The van der Waals surface area contributed by atoms with E-state index in [1.165, 1.54) is 38.5 Å². The van der Waals surface area contributed by atoms with Crippen LogP contribution in [0.1, 0.15) is 59.3 Å². The van der Waals surface area contributed by atoms with E-state index in [2.05, 4.69) is 32.7 Å². The van der Waals surface area contributed by atoms with E-state index in [9.17, 15) is 0 Å². The van der Waals surface area contributed by atoms with Crippen LogP contribution in [0.2, 0.25) is 0 Å². The number of hydrogen-bond acceptors (Lipinski definition) is 2. The zero-order chi connectivity index (χ0) is 12.1. The highest BCUT2D eigenvalue weighted by atomic mass is 15.2. The van der Waals surface area contributed by atoms with Crippen molar-refractivity contribution in [2.75, 3.05) is 7.05 Å². The molecule has 3 unspecified atom stereocenters. The summed E-state index contributed by atoms with van der Waals surface area (Å²) in [5.41, 5.74) is 6.30. The quantitative estimate of drug-likeness (QED) is 0.781. The molecule has 0 saturated heterocycles. The molecule has 0 radical (unpaired) electrons. The van der Waals surface area contributed by atoms with Gasteiger partial charge in [-0.2, -0.15) is 0 Å². The van der Waals surface area contributed by atoms with E-state index in [0.717, 1.165) is 5.92 Å². The number of nitrogens with two attached hydrogens (primary N) is 1. The molecule has 0 bridgehead atoms. The van der Waals surface area contributed by atoms with Crippen LogP contribution < -0.4 is 5.73 Å². The predicted molar refractivity (Wildman–Crippen MR) is 71.5 cm³/mol. The van der Waals surface area contributed by atoms with E-state index in [1.54, 1.807) is 0 Å². The van der Waals surface area contributed by atoms with E-state index >= 15 is 0 Å². The maximum absolute atomic E-state index is 6.30. The minimum absolute atomic E-state index is 0.397. The number of hydrogen-bond donors (Lipinski definition) is 1. The summed E-state index contributed by atoms with van der Waals surface area (Å²) in [7, 11) is 2.28. The first-order chi connectivity index (χ1) is 7.63. The Morgan fingerprint density at radius 3 is 2.31 bits per heavy atom. The molecule has 3 atom stereocenters. The monoisotopic (exact) mass is 226 g/mol. The molecule has 1 rings (SSSR count). The topological polar surface area (TPSA) is 29.3 Å². The Bertz CT molecular complexity index is 189. The van der Waals surface area contributed by atoms with Gasteiger partial charge >= 0.3 is 0 Å². The first kappa shape index (κ1) is 14.0. The Morgan fingerprint density at radius 1 is 1.19 bits per heavy atom. The zero-order valence-electron chi connectivity index (χ0n) is 11.6. The number of nitrogens with zero attached hydrogens (tertiary/aromatic N) is 1. The molecule has 2 heteroatoms. The van der Waals surface area contributed by atoms with Crippen LogP contribution in [0.15, 0.2) is 0 Å². The molecule has 0 heterocycles. The highest BCUT2D eigenvalue weighted by molar-refractivity contribution is 4.89. The van der Waals surface area contributed by atoms with Crippen LogP contribution in [0.5, 0.6) is 0 Å². The summed E-state index contributed by atoms with van der Waals surface area (Å²) in [6.07, 6.45) is 7.67. The lowest BCUT2D eigenvalue weighted by Crippen LogP contribution is -2.52. The predicted octanol–water partition coefficient (Wildman–Crippen LogP) is 3.01. The molecular weight excluding hydrogens is 196 g/mol. The third-order valence-corrected chi connectivity index (χ3v) is 4.60. The molecule has 1 aliphatic rings. The summed E-state index contributed by atoms with van der Waals surface area (Å²) in [4.78, 5) is 2.56. The van der Waals surface area contributed by atoms with Gasteiger partial charge < -0.3 is 5.73 Å². The SMILES string of the molecule is CCC1CCC(N)C(N(C)C(CC)CC)C1. The van der Waals surface area contributed by atoms with Crippen LogP contribution in [-0.4, -0.2) is 30.1 Å². The lowest BCUT2D eigenvalue weighted by atomic mass is 9.80. The molecule has 2 N–H and O–H groups in total. The number of likely N-dealkylation sites (N-methyl/N-ethyl adjacent to an activating group) is 1. The summed E-state index contributed by atoms with van der Waals surface area (Å²) < 4.78 is 0. The summed E-state index contributed by atoms with van der Waals surface area (Å²) in [6, 6.07) is 1.73. The Hall–Kier alpha value is -0.0800. The summed E-state index contributed by atoms with van der Waals surface area (Å²) >= 11 is 0. The Kier molecular flexibility index (Phi) is 5.77. The van der Waals surface area contributed by atoms with Crippen LogP contribution in [-0.2, 0) is 0 Å². The molecule has 16 heavy (non-hydrogen) atoms. The fourth-order valence-electron chi connectivity index (χ4n) is 3.23. The van der Waals surface area contributed by atoms with Gasteiger partial charge in [0.2, 0.25) is 0 Å². The van der Waals surface area contributed by atoms with Gasteiger partial charge in [0.15, 0.2) is 0 Å². The maximum atomic E-state index is 6.30. The second kappa shape index (κ2) is 6.61. The molecule has 0 aromatic carbocycles. The van der Waals surface area contributed by atoms with Gasteiger partial charge in [0.05, 0.1) is 0 Å². The molecule has 1 aliphatic carbocycles. The Labute approximate surface area is 102 Å². The van der Waals surface area contributed by atoms with Crippen molar-refractivity contribution >= 4 is 0 Å². The van der Waals surface area contributed by atoms with Gasteiger partial charge in [-0.05, 0) is 45.1 Å². The standard InChI is InChI=1S/C14H30N2/c1-5-11-8-9-13(15)14(10-11)16(4)12(6-2)7-3/h11-14H,5-10,15H2,1-4H3. The van der Waals surface area contributed by atoms with E-state index in [0.29, 0.717) is 18.1 Å². The molecule has 0 aliphatic heterocycles. The molecule has 0 amide bonds. The van der Waals surface area contributed by atoms with Gasteiger partial charge in [-0.3, -0.25) is 4.90 Å². The van der Waals surface area contributed by atoms with Crippen LogP contribution in [0, 0.1) is 5.92 Å². The normalized spacial score (nSPS) is 31.3. The van der Waals surface area contributed by atoms with Gasteiger partial charge in [0, 0.05) is 18.1 Å². The molecular formula is C14H30N2. The summed E-state index contributed by atoms with van der Waals surface area (Å²) in [6.45, 7) is 6.89. The van der Waals surface area contributed by atoms with Gasteiger partial charge in [-0.1, -0.05) is 27.2 Å².